The maximum Gasteiger partial charge on any atom is 0.211 e. The monoisotopic (exact) mass is 277 g/mol. The van der Waals surface area contributed by atoms with E-state index >= 15 is 0 Å². The third-order valence-corrected chi connectivity index (χ3v) is 5.26. The van der Waals surface area contributed by atoms with Crippen LogP contribution in [0.5, 0.6) is 0 Å². The van der Waals surface area contributed by atoms with Crippen LogP contribution in [0.3, 0.4) is 0 Å². The van der Waals surface area contributed by atoms with Crippen molar-refractivity contribution >= 4 is 10.0 Å². The van der Waals surface area contributed by atoms with Gasteiger partial charge in [0.05, 0.1) is 5.75 Å². The fourth-order valence-electron chi connectivity index (χ4n) is 2.67. The first-order valence-electron chi connectivity index (χ1n) is 6.93. The summed E-state index contributed by atoms with van der Waals surface area (Å²) in [4.78, 5) is 0. The van der Waals surface area contributed by atoms with Gasteiger partial charge in [-0.05, 0) is 43.9 Å². The second-order valence-electron chi connectivity index (χ2n) is 5.64. The summed E-state index contributed by atoms with van der Waals surface area (Å²) in [6, 6.07) is 0.133. The van der Waals surface area contributed by atoms with Crippen molar-refractivity contribution in [2.45, 2.75) is 52.0 Å². The summed E-state index contributed by atoms with van der Waals surface area (Å²) in [6.45, 7) is 5.02. The zero-order valence-corrected chi connectivity index (χ0v) is 12.6. The van der Waals surface area contributed by atoms with Gasteiger partial charge in [0.15, 0.2) is 0 Å². The van der Waals surface area contributed by atoms with Gasteiger partial charge < -0.3 is 4.74 Å². The molecule has 0 spiro atoms. The van der Waals surface area contributed by atoms with Crippen molar-refractivity contribution in [3.8, 4) is 0 Å². The molecule has 0 aliphatic heterocycles. The minimum absolute atomic E-state index is 0.133. The maximum atomic E-state index is 11.9. The predicted molar refractivity (Wildman–Crippen MR) is 74.0 cm³/mol. The van der Waals surface area contributed by atoms with E-state index in [-0.39, 0.29) is 11.8 Å². The van der Waals surface area contributed by atoms with Crippen molar-refractivity contribution < 1.29 is 13.2 Å². The summed E-state index contributed by atoms with van der Waals surface area (Å²) in [6.07, 6.45) is 4.69. The Morgan fingerprint density at radius 1 is 1.22 bits per heavy atom. The molecule has 0 amide bonds. The van der Waals surface area contributed by atoms with E-state index in [1.54, 1.807) is 7.11 Å². The Bertz CT molecular complexity index is 329. The van der Waals surface area contributed by atoms with Gasteiger partial charge in [-0.2, -0.15) is 0 Å². The molecule has 0 aromatic carbocycles. The Labute approximate surface area is 112 Å². The lowest BCUT2D eigenvalue weighted by molar-refractivity contribution is 0.194. The lowest BCUT2D eigenvalue weighted by Crippen LogP contribution is -2.43. The van der Waals surface area contributed by atoms with Gasteiger partial charge in [0.25, 0.3) is 0 Å². The second-order valence-corrected chi connectivity index (χ2v) is 7.51. The van der Waals surface area contributed by atoms with Gasteiger partial charge in [-0.1, -0.05) is 13.8 Å². The second kappa shape index (κ2) is 7.46. The van der Waals surface area contributed by atoms with Crippen LogP contribution >= 0.6 is 0 Å². The SMILES string of the molecule is COCCCCS(=O)(=O)N[C@@H]1CC[C@H](C)C[C@@H]1C. The Kier molecular flexibility index (Phi) is 6.60. The van der Waals surface area contributed by atoms with Crippen LogP contribution in [0.15, 0.2) is 0 Å². The standard InChI is InChI=1S/C13H27NO3S/c1-11-6-7-13(12(2)10-11)14-18(15,16)9-5-4-8-17-3/h11-14H,4-10H2,1-3H3/t11-,12-,13+/m0/s1. The van der Waals surface area contributed by atoms with E-state index in [1.165, 1.54) is 0 Å². The van der Waals surface area contributed by atoms with Crippen LogP contribution in [0.1, 0.15) is 46.0 Å². The summed E-state index contributed by atoms with van der Waals surface area (Å²) in [5, 5.41) is 0. The van der Waals surface area contributed by atoms with E-state index in [0.717, 1.165) is 31.6 Å². The molecular weight excluding hydrogens is 250 g/mol. The molecule has 1 saturated carbocycles. The molecule has 1 N–H and O–H groups in total. The molecule has 4 nitrogen and oxygen atoms in total. The fraction of sp³-hybridized carbons (Fsp3) is 1.00. The number of sulfonamides is 1. The molecule has 0 radical (unpaired) electrons. The number of hydrogen-bond donors (Lipinski definition) is 1. The molecule has 3 atom stereocenters. The van der Waals surface area contributed by atoms with Crippen LogP contribution in [0.4, 0.5) is 0 Å². The molecule has 1 aliphatic rings. The number of ether oxygens (including phenoxy) is 1. The van der Waals surface area contributed by atoms with Crippen molar-refractivity contribution in [3.05, 3.63) is 0 Å². The van der Waals surface area contributed by atoms with E-state index in [1.807, 2.05) is 0 Å². The van der Waals surface area contributed by atoms with Crippen LogP contribution in [0.2, 0.25) is 0 Å². The summed E-state index contributed by atoms with van der Waals surface area (Å²) in [5.41, 5.74) is 0. The lowest BCUT2D eigenvalue weighted by Gasteiger charge is -2.32. The number of nitrogens with one attached hydrogen (secondary N) is 1. The van der Waals surface area contributed by atoms with Crippen LogP contribution in [0, 0.1) is 11.8 Å². The smallest absolute Gasteiger partial charge is 0.211 e. The minimum Gasteiger partial charge on any atom is -0.385 e. The zero-order valence-electron chi connectivity index (χ0n) is 11.8. The first-order chi connectivity index (χ1) is 8.44. The molecule has 0 heterocycles. The molecule has 1 rings (SSSR count). The molecule has 1 aliphatic carbocycles. The van der Waals surface area contributed by atoms with Crippen molar-refractivity contribution in [1.82, 2.24) is 4.72 Å². The highest BCUT2D eigenvalue weighted by Crippen LogP contribution is 2.28. The summed E-state index contributed by atoms with van der Waals surface area (Å²) >= 11 is 0. The van der Waals surface area contributed by atoms with E-state index in [9.17, 15) is 8.42 Å². The summed E-state index contributed by atoms with van der Waals surface area (Å²) < 4.78 is 31.7. The Hall–Kier alpha value is -0.130. The molecule has 0 bridgehead atoms. The van der Waals surface area contributed by atoms with Crippen molar-refractivity contribution in [1.29, 1.82) is 0 Å². The molecular formula is C13H27NO3S. The normalized spacial score (nSPS) is 29.4. The van der Waals surface area contributed by atoms with Crippen LogP contribution in [0.25, 0.3) is 0 Å². The fourth-order valence-corrected chi connectivity index (χ4v) is 4.18. The Morgan fingerprint density at radius 2 is 1.94 bits per heavy atom. The van der Waals surface area contributed by atoms with E-state index in [4.69, 9.17) is 4.74 Å². The van der Waals surface area contributed by atoms with E-state index in [2.05, 4.69) is 18.6 Å². The zero-order chi connectivity index (χ0) is 13.6. The largest absolute Gasteiger partial charge is 0.385 e. The molecule has 0 aromatic rings. The molecule has 5 heteroatoms. The van der Waals surface area contributed by atoms with E-state index in [0.29, 0.717) is 18.9 Å². The number of unbranched alkanes of at least 4 members (excludes halogenated alkanes) is 1. The highest BCUT2D eigenvalue weighted by atomic mass is 32.2. The first kappa shape index (κ1) is 15.9. The number of rotatable bonds is 7. The summed E-state index contributed by atoms with van der Waals surface area (Å²) in [7, 11) is -1.48. The molecule has 18 heavy (non-hydrogen) atoms. The average Bonchev–Trinajstić information content (AvgIpc) is 2.28. The first-order valence-corrected chi connectivity index (χ1v) is 8.59. The highest BCUT2D eigenvalue weighted by molar-refractivity contribution is 7.89. The van der Waals surface area contributed by atoms with E-state index < -0.39 is 10.0 Å². The molecule has 0 aromatic heterocycles. The van der Waals surface area contributed by atoms with Gasteiger partial charge in [-0.25, -0.2) is 13.1 Å². The van der Waals surface area contributed by atoms with Crippen LogP contribution in [-0.4, -0.2) is 33.9 Å². The van der Waals surface area contributed by atoms with Gasteiger partial charge >= 0.3 is 0 Å². The van der Waals surface area contributed by atoms with Crippen LogP contribution < -0.4 is 4.72 Å². The maximum absolute atomic E-state index is 11.9. The van der Waals surface area contributed by atoms with Gasteiger partial charge in [0.1, 0.15) is 0 Å². The van der Waals surface area contributed by atoms with Gasteiger partial charge in [0.2, 0.25) is 10.0 Å². The average molecular weight is 277 g/mol. The summed E-state index contributed by atoms with van der Waals surface area (Å²) in [5.74, 6) is 1.39. The quantitative estimate of drug-likeness (QED) is 0.726. The third kappa shape index (κ3) is 5.67. The van der Waals surface area contributed by atoms with Crippen LogP contribution in [-0.2, 0) is 14.8 Å². The minimum atomic E-state index is -3.12. The van der Waals surface area contributed by atoms with Gasteiger partial charge in [-0.3, -0.25) is 0 Å². The molecule has 0 saturated heterocycles. The van der Waals surface area contributed by atoms with Crippen molar-refractivity contribution in [3.63, 3.8) is 0 Å². The Balaban J connectivity index is 2.35. The van der Waals surface area contributed by atoms with Crippen molar-refractivity contribution in [2.75, 3.05) is 19.5 Å². The molecule has 108 valence electrons. The Morgan fingerprint density at radius 3 is 2.56 bits per heavy atom. The predicted octanol–water partition coefficient (Wildman–Crippen LogP) is 2.16. The van der Waals surface area contributed by atoms with Crippen molar-refractivity contribution in [2.24, 2.45) is 11.8 Å². The highest BCUT2D eigenvalue weighted by Gasteiger charge is 2.28. The third-order valence-electron chi connectivity index (χ3n) is 3.77. The topological polar surface area (TPSA) is 55.4 Å². The van der Waals surface area contributed by atoms with Gasteiger partial charge in [-0.15, -0.1) is 0 Å². The molecule has 1 fully saturated rings. The number of hydrogen-bond acceptors (Lipinski definition) is 3. The lowest BCUT2D eigenvalue weighted by atomic mass is 9.80. The van der Waals surface area contributed by atoms with Gasteiger partial charge in [0, 0.05) is 19.8 Å². The molecule has 0 unspecified atom stereocenters. The number of methoxy groups -OCH3 is 1.